The number of amides is 1. The van der Waals surface area contributed by atoms with E-state index in [1.165, 1.54) is 23.5 Å². The van der Waals surface area contributed by atoms with Crippen LogP contribution in [0.5, 0.6) is 0 Å². The van der Waals surface area contributed by atoms with E-state index >= 15 is 0 Å². The molecule has 6 nitrogen and oxygen atoms in total. The van der Waals surface area contributed by atoms with E-state index in [9.17, 15) is 14.9 Å². The number of carbonyl (C=O) groups excluding carboxylic acids is 1. The Labute approximate surface area is 164 Å². The molecule has 0 unspecified atom stereocenters. The molecular weight excluding hydrogens is 382 g/mol. The lowest BCUT2D eigenvalue weighted by Gasteiger charge is -2.04. The Morgan fingerprint density at radius 2 is 2.15 bits per heavy atom. The van der Waals surface area contributed by atoms with Gasteiger partial charge in [-0.1, -0.05) is 36.5 Å². The van der Waals surface area contributed by atoms with Gasteiger partial charge in [0.1, 0.15) is 0 Å². The second-order valence-corrected chi connectivity index (χ2v) is 7.85. The number of aromatic nitrogens is 1. The van der Waals surface area contributed by atoms with Crippen LogP contribution in [0.1, 0.15) is 17.3 Å². The summed E-state index contributed by atoms with van der Waals surface area (Å²) >= 11 is 2.91. The van der Waals surface area contributed by atoms with Crippen LogP contribution in [0.15, 0.2) is 65.0 Å². The first-order valence-electron chi connectivity index (χ1n) is 8.24. The summed E-state index contributed by atoms with van der Waals surface area (Å²) in [6.07, 6.45) is 1.68. The van der Waals surface area contributed by atoms with Gasteiger partial charge < -0.3 is 4.57 Å². The molecule has 0 aliphatic rings. The Kier molecular flexibility index (Phi) is 5.88. The van der Waals surface area contributed by atoms with E-state index in [0.717, 1.165) is 15.3 Å². The summed E-state index contributed by atoms with van der Waals surface area (Å²) in [5.74, 6) is 0.526. The summed E-state index contributed by atoms with van der Waals surface area (Å²) in [6.45, 7) is 6.17. The molecule has 0 aliphatic carbocycles. The SMILES string of the molecule is C=CCn1c(=NC(=O)c2ccccc2SCC)sc2ccc([N+](=O)[O-])cc21. The van der Waals surface area contributed by atoms with Crippen molar-refractivity contribution in [1.29, 1.82) is 0 Å². The first-order valence-corrected chi connectivity index (χ1v) is 10.0. The van der Waals surface area contributed by atoms with Crippen LogP contribution in [0.3, 0.4) is 0 Å². The van der Waals surface area contributed by atoms with E-state index in [0.29, 0.717) is 22.4 Å². The number of hydrogen-bond acceptors (Lipinski definition) is 5. The van der Waals surface area contributed by atoms with Gasteiger partial charge in [0.15, 0.2) is 4.80 Å². The molecule has 27 heavy (non-hydrogen) atoms. The molecule has 1 heterocycles. The third kappa shape index (κ3) is 4.01. The highest BCUT2D eigenvalue weighted by atomic mass is 32.2. The first kappa shape index (κ1) is 19.1. The van der Waals surface area contributed by atoms with Gasteiger partial charge in [-0.3, -0.25) is 14.9 Å². The molecule has 0 fully saturated rings. The van der Waals surface area contributed by atoms with Gasteiger partial charge in [0, 0.05) is 23.6 Å². The van der Waals surface area contributed by atoms with Crippen LogP contribution >= 0.6 is 23.1 Å². The van der Waals surface area contributed by atoms with Gasteiger partial charge >= 0.3 is 0 Å². The molecule has 0 N–H and O–H groups in total. The van der Waals surface area contributed by atoms with Gasteiger partial charge in [0.05, 0.1) is 20.7 Å². The summed E-state index contributed by atoms with van der Waals surface area (Å²) in [6, 6.07) is 12.0. The predicted molar refractivity (Wildman–Crippen MR) is 109 cm³/mol. The zero-order valence-corrected chi connectivity index (χ0v) is 16.3. The number of nitrogens with zero attached hydrogens (tertiary/aromatic N) is 3. The van der Waals surface area contributed by atoms with E-state index in [2.05, 4.69) is 11.6 Å². The minimum absolute atomic E-state index is 0.000630. The van der Waals surface area contributed by atoms with Crippen molar-refractivity contribution in [3.05, 3.63) is 75.6 Å². The van der Waals surface area contributed by atoms with Gasteiger partial charge in [-0.2, -0.15) is 4.99 Å². The average molecular weight is 399 g/mol. The molecule has 0 saturated heterocycles. The van der Waals surface area contributed by atoms with E-state index in [1.807, 2.05) is 25.1 Å². The number of thioether (sulfide) groups is 1. The molecule has 0 aliphatic heterocycles. The van der Waals surface area contributed by atoms with Gasteiger partial charge in [-0.05, 0) is 24.0 Å². The van der Waals surface area contributed by atoms with Gasteiger partial charge in [-0.25, -0.2) is 0 Å². The highest BCUT2D eigenvalue weighted by molar-refractivity contribution is 7.99. The van der Waals surface area contributed by atoms with Crippen molar-refractivity contribution in [1.82, 2.24) is 4.57 Å². The van der Waals surface area contributed by atoms with Crippen molar-refractivity contribution < 1.29 is 9.72 Å². The van der Waals surface area contributed by atoms with E-state index in [4.69, 9.17) is 0 Å². The molecule has 8 heteroatoms. The maximum Gasteiger partial charge on any atom is 0.280 e. The number of nitro benzene ring substituents is 1. The maximum atomic E-state index is 12.8. The average Bonchev–Trinajstić information content (AvgIpc) is 2.99. The van der Waals surface area contributed by atoms with Crippen molar-refractivity contribution in [2.45, 2.75) is 18.4 Å². The lowest BCUT2D eigenvalue weighted by molar-refractivity contribution is -0.384. The summed E-state index contributed by atoms with van der Waals surface area (Å²) in [4.78, 5) is 29.1. The van der Waals surface area contributed by atoms with E-state index in [-0.39, 0.29) is 11.6 Å². The molecule has 1 aromatic heterocycles. The zero-order chi connectivity index (χ0) is 19.4. The number of non-ortho nitro benzene ring substituents is 1. The molecule has 0 radical (unpaired) electrons. The smallest absolute Gasteiger partial charge is 0.280 e. The number of hydrogen-bond donors (Lipinski definition) is 0. The number of carbonyl (C=O) groups is 1. The Morgan fingerprint density at radius 3 is 2.85 bits per heavy atom. The predicted octanol–water partition coefficient (Wildman–Crippen LogP) is 4.65. The second-order valence-electron chi connectivity index (χ2n) is 5.54. The van der Waals surface area contributed by atoms with Crippen LogP contribution < -0.4 is 4.80 Å². The topological polar surface area (TPSA) is 77.5 Å². The third-order valence-corrected chi connectivity index (χ3v) is 5.82. The van der Waals surface area contributed by atoms with Crippen molar-refractivity contribution in [2.75, 3.05) is 5.75 Å². The Morgan fingerprint density at radius 1 is 1.37 bits per heavy atom. The Balaban J connectivity index is 2.15. The van der Waals surface area contributed by atoms with Gasteiger partial charge in [-0.15, -0.1) is 18.3 Å². The van der Waals surface area contributed by atoms with Crippen LogP contribution in [0.4, 0.5) is 5.69 Å². The molecule has 0 spiro atoms. The fraction of sp³-hybridized carbons (Fsp3) is 0.158. The number of rotatable bonds is 6. The fourth-order valence-corrected chi connectivity index (χ4v) is 4.45. The molecule has 1 amide bonds. The highest BCUT2D eigenvalue weighted by Crippen LogP contribution is 2.25. The van der Waals surface area contributed by atoms with Crippen molar-refractivity contribution >= 4 is 44.9 Å². The highest BCUT2D eigenvalue weighted by Gasteiger charge is 2.14. The van der Waals surface area contributed by atoms with E-state index in [1.54, 1.807) is 34.5 Å². The number of thiazole rings is 1. The lowest BCUT2D eigenvalue weighted by atomic mass is 10.2. The summed E-state index contributed by atoms with van der Waals surface area (Å²) in [5.41, 5.74) is 1.22. The molecular formula is C19H17N3O3S2. The molecule has 138 valence electrons. The van der Waals surface area contributed by atoms with Gasteiger partial charge in [0.25, 0.3) is 11.6 Å². The minimum atomic E-state index is -0.435. The van der Waals surface area contributed by atoms with Crippen LogP contribution in [0.25, 0.3) is 10.2 Å². The lowest BCUT2D eigenvalue weighted by Crippen LogP contribution is -2.16. The molecule has 0 atom stereocenters. The normalized spacial score (nSPS) is 11.7. The zero-order valence-electron chi connectivity index (χ0n) is 14.6. The maximum absolute atomic E-state index is 12.8. The molecule has 2 aromatic carbocycles. The van der Waals surface area contributed by atoms with Crippen molar-refractivity contribution in [3.63, 3.8) is 0 Å². The number of benzene rings is 2. The quantitative estimate of drug-likeness (QED) is 0.262. The van der Waals surface area contributed by atoms with Crippen molar-refractivity contribution in [3.8, 4) is 0 Å². The molecule has 0 saturated carbocycles. The molecule has 3 aromatic rings. The number of fused-ring (bicyclic) bond motifs is 1. The summed E-state index contributed by atoms with van der Waals surface area (Å²) in [5, 5.41) is 11.1. The van der Waals surface area contributed by atoms with Gasteiger partial charge in [0.2, 0.25) is 0 Å². The van der Waals surface area contributed by atoms with Crippen LogP contribution in [-0.4, -0.2) is 21.2 Å². The Hall–Kier alpha value is -2.71. The summed E-state index contributed by atoms with van der Waals surface area (Å²) in [7, 11) is 0. The van der Waals surface area contributed by atoms with Crippen LogP contribution in [0, 0.1) is 10.1 Å². The number of nitro groups is 1. The van der Waals surface area contributed by atoms with Crippen LogP contribution in [-0.2, 0) is 6.54 Å². The standard InChI is InChI=1S/C19H17N3O3S2/c1-3-11-21-15-12-13(22(24)25)9-10-17(15)27-19(21)20-18(23)14-7-5-6-8-16(14)26-4-2/h3,5-10,12H,1,4,11H2,2H3. The first-order chi connectivity index (χ1) is 13.0. The Bertz CT molecular complexity index is 1100. The third-order valence-electron chi connectivity index (χ3n) is 3.80. The monoisotopic (exact) mass is 399 g/mol. The fourth-order valence-electron chi connectivity index (χ4n) is 2.63. The molecule has 0 bridgehead atoms. The number of allylic oxidation sites excluding steroid dienone is 1. The summed E-state index contributed by atoms with van der Waals surface area (Å²) < 4.78 is 2.60. The minimum Gasteiger partial charge on any atom is -0.312 e. The second kappa shape index (κ2) is 8.32. The van der Waals surface area contributed by atoms with E-state index < -0.39 is 4.92 Å². The van der Waals surface area contributed by atoms with Crippen molar-refractivity contribution in [2.24, 2.45) is 4.99 Å². The molecule has 3 rings (SSSR count). The van der Waals surface area contributed by atoms with Crippen LogP contribution in [0.2, 0.25) is 0 Å². The largest absolute Gasteiger partial charge is 0.312 e.